The number of rotatable bonds is 2. The molecule has 0 atom stereocenters. The molecule has 1 N–H and O–H groups in total. The van der Waals surface area contributed by atoms with Crippen LogP contribution in [0, 0.1) is 0 Å². The number of nitrogens with one attached hydrogen (secondary N) is 1. The standard InChI is InChI=1S/C13H13N3O3/c17-13(16-5-4-14-9-16)15-11-3-1-2-10(8-11)12-18-6-7-19-12/h1-5,8-9,12H,6-7H2,(H,15,17). The smallest absolute Gasteiger partial charge is 0.331 e. The van der Waals surface area contributed by atoms with Gasteiger partial charge in [-0.05, 0) is 12.1 Å². The molecule has 0 unspecified atom stereocenters. The maximum absolute atomic E-state index is 11.9. The Bertz CT molecular complexity index is 562. The molecule has 1 fully saturated rings. The van der Waals surface area contributed by atoms with Crippen LogP contribution in [0.3, 0.4) is 0 Å². The first-order chi connectivity index (χ1) is 9.33. The lowest BCUT2D eigenvalue weighted by Crippen LogP contribution is -2.17. The summed E-state index contributed by atoms with van der Waals surface area (Å²) in [5.74, 6) is 0. The van der Waals surface area contributed by atoms with Crippen LogP contribution in [0.15, 0.2) is 43.0 Å². The summed E-state index contributed by atoms with van der Waals surface area (Å²) < 4.78 is 12.2. The molecule has 1 saturated heterocycles. The Balaban J connectivity index is 1.74. The van der Waals surface area contributed by atoms with Crippen molar-refractivity contribution in [3.05, 3.63) is 48.5 Å². The Morgan fingerprint density at radius 2 is 2.21 bits per heavy atom. The lowest BCUT2D eigenvalue weighted by atomic mass is 10.2. The van der Waals surface area contributed by atoms with Gasteiger partial charge in [0.2, 0.25) is 0 Å². The van der Waals surface area contributed by atoms with Crippen molar-refractivity contribution in [1.82, 2.24) is 9.55 Å². The molecule has 0 radical (unpaired) electrons. The Kier molecular flexibility index (Phi) is 3.26. The number of benzene rings is 1. The molecule has 2 aromatic rings. The molecule has 19 heavy (non-hydrogen) atoms. The molecule has 98 valence electrons. The van der Waals surface area contributed by atoms with Gasteiger partial charge in [-0.2, -0.15) is 0 Å². The molecule has 6 nitrogen and oxygen atoms in total. The van der Waals surface area contributed by atoms with Crippen LogP contribution in [0.4, 0.5) is 10.5 Å². The predicted octanol–water partition coefficient (Wildman–Crippen LogP) is 2.01. The Morgan fingerprint density at radius 3 is 2.95 bits per heavy atom. The second kappa shape index (κ2) is 5.21. The van der Waals surface area contributed by atoms with Gasteiger partial charge in [0.1, 0.15) is 6.33 Å². The lowest BCUT2D eigenvalue weighted by molar-refractivity contribution is -0.0440. The number of hydrogen-bond donors (Lipinski definition) is 1. The molecule has 0 bridgehead atoms. The highest BCUT2D eigenvalue weighted by atomic mass is 16.7. The van der Waals surface area contributed by atoms with Crippen molar-refractivity contribution in [3.63, 3.8) is 0 Å². The van der Waals surface area contributed by atoms with Crippen LogP contribution >= 0.6 is 0 Å². The van der Waals surface area contributed by atoms with E-state index in [4.69, 9.17) is 9.47 Å². The van der Waals surface area contributed by atoms with Crippen LogP contribution in [0.5, 0.6) is 0 Å². The first-order valence-corrected chi connectivity index (χ1v) is 5.95. The van der Waals surface area contributed by atoms with Crippen LogP contribution in [0.1, 0.15) is 11.9 Å². The topological polar surface area (TPSA) is 65.4 Å². The first kappa shape index (κ1) is 11.9. The Hall–Kier alpha value is -2.18. The quantitative estimate of drug-likeness (QED) is 0.896. The van der Waals surface area contributed by atoms with Crippen LogP contribution in [0.2, 0.25) is 0 Å². The van der Waals surface area contributed by atoms with Gasteiger partial charge in [-0.25, -0.2) is 9.78 Å². The van der Waals surface area contributed by atoms with Gasteiger partial charge < -0.3 is 14.8 Å². The summed E-state index contributed by atoms with van der Waals surface area (Å²) in [5, 5.41) is 2.78. The number of ether oxygens (including phenoxy) is 2. The van der Waals surface area contributed by atoms with Crippen LogP contribution in [-0.4, -0.2) is 28.8 Å². The third-order valence-electron chi connectivity index (χ3n) is 2.77. The number of nitrogens with zero attached hydrogens (tertiary/aromatic N) is 2. The van der Waals surface area contributed by atoms with Gasteiger partial charge in [0.05, 0.1) is 13.2 Å². The van der Waals surface area contributed by atoms with Gasteiger partial charge in [-0.1, -0.05) is 12.1 Å². The third-order valence-corrected chi connectivity index (χ3v) is 2.77. The fraction of sp³-hybridized carbons (Fsp3) is 0.231. The van der Waals surface area contributed by atoms with Gasteiger partial charge in [0.15, 0.2) is 6.29 Å². The van der Waals surface area contributed by atoms with Crippen LogP contribution < -0.4 is 5.32 Å². The molecule has 0 spiro atoms. The average Bonchev–Trinajstić information content (AvgIpc) is 3.13. The molecule has 6 heteroatoms. The monoisotopic (exact) mass is 259 g/mol. The summed E-state index contributed by atoms with van der Waals surface area (Å²) >= 11 is 0. The van der Waals surface area contributed by atoms with E-state index < -0.39 is 0 Å². The van der Waals surface area contributed by atoms with Crippen LogP contribution in [0.25, 0.3) is 0 Å². The SMILES string of the molecule is O=C(Nc1cccc(C2OCCO2)c1)n1ccnc1. The van der Waals surface area contributed by atoms with E-state index >= 15 is 0 Å². The van der Waals surface area contributed by atoms with E-state index in [1.54, 1.807) is 12.4 Å². The van der Waals surface area contributed by atoms with E-state index in [9.17, 15) is 4.79 Å². The molecule has 1 aliphatic heterocycles. The van der Waals surface area contributed by atoms with E-state index in [2.05, 4.69) is 10.3 Å². The van der Waals surface area contributed by atoms with Crippen molar-refractivity contribution >= 4 is 11.7 Å². The fourth-order valence-corrected chi connectivity index (χ4v) is 1.88. The highest BCUT2D eigenvalue weighted by Gasteiger charge is 2.18. The zero-order chi connectivity index (χ0) is 13.1. The van der Waals surface area contributed by atoms with Crippen molar-refractivity contribution < 1.29 is 14.3 Å². The maximum Gasteiger partial charge on any atom is 0.331 e. The number of carbonyl (C=O) groups is 1. The average molecular weight is 259 g/mol. The third kappa shape index (κ3) is 2.64. The number of imidazole rings is 1. The molecule has 1 amide bonds. The molecular formula is C13H13N3O3. The molecule has 3 rings (SSSR count). The molecule has 1 aromatic heterocycles. The van der Waals surface area contributed by atoms with E-state index in [1.165, 1.54) is 10.9 Å². The summed E-state index contributed by atoms with van der Waals surface area (Å²) in [5.41, 5.74) is 1.58. The summed E-state index contributed by atoms with van der Waals surface area (Å²) in [6.45, 7) is 1.19. The lowest BCUT2D eigenvalue weighted by Gasteiger charge is -2.11. The molecule has 1 aliphatic rings. The molecule has 1 aromatic carbocycles. The van der Waals surface area contributed by atoms with Crippen LogP contribution in [-0.2, 0) is 9.47 Å². The van der Waals surface area contributed by atoms with Crippen molar-refractivity contribution in [1.29, 1.82) is 0 Å². The van der Waals surface area contributed by atoms with E-state index in [0.717, 1.165) is 5.56 Å². The molecule has 0 saturated carbocycles. The van der Waals surface area contributed by atoms with Crippen molar-refractivity contribution in [2.45, 2.75) is 6.29 Å². The number of anilines is 1. The minimum Gasteiger partial charge on any atom is -0.346 e. The number of carbonyl (C=O) groups excluding carboxylic acids is 1. The van der Waals surface area contributed by atoms with E-state index in [1.807, 2.05) is 24.3 Å². The van der Waals surface area contributed by atoms with Gasteiger partial charge in [0.25, 0.3) is 0 Å². The number of aromatic nitrogens is 2. The predicted molar refractivity (Wildman–Crippen MR) is 67.7 cm³/mol. The number of hydrogen-bond acceptors (Lipinski definition) is 4. The van der Waals surface area contributed by atoms with E-state index in [-0.39, 0.29) is 12.3 Å². The minimum absolute atomic E-state index is 0.261. The van der Waals surface area contributed by atoms with Gasteiger partial charge in [-0.15, -0.1) is 0 Å². The highest BCUT2D eigenvalue weighted by molar-refractivity contribution is 5.90. The summed E-state index contributed by atoms with van der Waals surface area (Å²) in [7, 11) is 0. The Morgan fingerprint density at radius 1 is 1.37 bits per heavy atom. The second-order valence-corrected chi connectivity index (χ2v) is 4.10. The fourth-order valence-electron chi connectivity index (χ4n) is 1.88. The summed E-state index contributed by atoms with van der Waals surface area (Å²) in [4.78, 5) is 15.7. The van der Waals surface area contributed by atoms with Gasteiger partial charge >= 0.3 is 6.03 Å². The van der Waals surface area contributed by atoms with Crippen molar-refractivity contribution in [2.24, 2.45) is 0 Å². The normalized spacial score (nSPS) is 15.6. The van der Waals surface area contributed by atoms with E-state index in [0.29, 0.717) is 18.9 Å². The molecular weight excluding hydrogens is 246 g/mol. The minimum atomic E-state index is -0.343. The molecule has 2 heterocycles. The Labute approximate surface area is 110 Å². The molecule has 0 aliphatic carbocycles. The second-order valence-electron chi connectivity index (χ2n) is 4.10. The first-order valence-electron chi connectivity index (χ1n) is 5.95. The number of amides is 1. The zero-order valence-corrected chi connectivity index (χ0v) is 10.2. The summed E-state index contributed by atoms with van der Waals surface area (Å²) in [6.07, 6.45) is 4.24. The maximum atomic E-state index is 11.9. The van der Waals surface area contributed by atoms with Gasteiger partial charge in [0, 0.05) is 23.6 Å². The largest absolute Gasteiger partial charge is 0.346 e. The van der Waals surface area contributed by atoms with Crippen molar-refractivity contribution in [3.8, 4) is 0 Å². The van der Waals surface area contributed by atoms with Gasteiger partial charge in [-0.3, -0.25) is 4.57 Å². The van der Waals surface area contributed by atoms with Crippen molar-refractivity contribution in [2.75, 3.05) is 18.5 Å². The summed E-state index contributed by atoms with van der Waals surface area (Å²) in [6, 6.07) is 7.15. The highest BCUT2D eigenvalue weighted by Crippen LogP contribution is 2.25. The zero-order valence-electron chi connectivity index (χ0n) is 10.2.